The summed E-state index contributed by atoms with van der Waals surface area (Å²) in [6.45, 7) is 2.25. The number of pyridine rings is 1. The Bertz CT molecular complexity index is 1930. The predicted octanol–water partition coefficient (Wildman–Crippen LogP) is 6.37. The number of halogens is 1. The van der Waals surface area contributed by atoms with Crippen molar-refractivity contribution in [1.29, 1.82) is 0 Å². The molecule has 0 saturated carbocycles. The highest BCUT2D eigenvalue weighted by Crippen LogP contribution is 2.45. The van der Waals surface area contributed by atoms with Gasteiger partial charge < -0.3 is 34.2 Å². The maximum atomic E-state index is 14.4. The molecule has 2 N–H and O–H groups in total. The van der Waals surface area contributed by atoms with E-state index in [1.54, 1.807) is 48.5 Å². The van der Waals surface area contributed by atoms with Crippen molar-refractivity contribution in [3.8, 4) is 45.6 Å². The Kier molecular flexibility index (Phi) is 10.3. The SMILES string of the molecule is COC(=O)c1c(-c2cc(OC)c(OC)c(OC)c2)c2cc(OC)c(OCc3cccc(C)c3)cc2c(=O)n1-c1ccc(N)cc1.Cl. The first-order chi connectivity index (χ1) is 21.7. The predicted molar refractivity (Wildman–Crippen MR) is 180 cm³/mol. The summed E-state index contributed by atoms with van der Waals surface area (Å²) < 4.78 is 35.3. The van der Waals surface area contributed by atoms with Crippen LogP contribution in [0, 0.1) is 6.92 Å². The number of hydrogen-bond donors (Lipinski definition) is 1. The molecule has 10 nitrogen and oxygen atoms in total. The van der Waals surface area contributed by atoms with E-state index < -0.39 is 11.5 Å². The molecule has 11 heteroatoms. The average molecular weight is 647 g/mol. The maximum absolute atomic E-state index is 14.4. The number of aromatic nitrogens is 1. The quantitative estimate of drug-likeness (QED) is 0.136. The number of esters is 1. The normalized spacial score (nSPS) is 10.6. The molecule has 0 atom stereocenters. The number of methoxy groups -OCH3 is 5. The van der Waals surface area contributed by atoms with Gasteiger partial charge in [0.05, 0.1) is 40.9 Å². The first kappa shape index (κ1) is 33.5. The Morgan fingerprint density at radius 2 is 1.39 bits per heavy atom. The minimum Gasteiger partial charge on any atom is -0.493 e. The number of nitrogens with two attached hydrogens (primary N) is 1. The number of aryl methyl sites for hydroxylation is 1. The largest absolute Gasteiger partial charge is 0.493 e. The Hall–Kier alpha value is -5.35. The van der Waals surface area contributed by atoms with Crippen LogP contribution in [0.1, 0.15) is 21.6 Å². The van der Waals surface area contributed by atoms with Crippen molar-refractivity contribution < 1.29 is 33.2 Å². The van der Waals surface area contributed by atoms with Gasteiger partial charge in [0.25, 0.3) is 5.56 Å². The molecule has 240 valence electrons. The first-order valence-electron chi connectivity index (χ1n) is 14.0. The van der Waals surface area contributed by atoms with Crippen LogP contribution in [-0.4, -0.2) is 46.1 Å². The molecule has 46 heavy (non-hydrogen) atoms. The summed E-state index contributed by atoms with van der Waals surface area (Å²) in [7, 11) is 7.26. The third-order valence-corrected chi connectivity index (χ3v) is 7.43. The van der Waals surface area contributed by atoms with Crippen LogP contribution >= 0.6 is 12.4 Å². The van der Waals surface area contributed by atoms with Gasteiger partial charge in [0.1, 0.15) is 12.3 Å². The lowest BCUT2D eigenvalue weighted by molar-refractivity contribution is 0.0591. The first-order valence-corrected chi connectivity index (χ1v) is 14.0. The van der Waals surface area contributed by atoms with E-state index in [1.165, 1.54) is 40.1 Å². The zero-order chi connectivity index (χ0) is 32.2. The number of carbonyl (C=O) groups is 1. The summed E-state index contributed by atoms with van der Waals surface area (Å²) >= 11 is 0. The van der Waals surface area contributed by atoms with Crippen molar-refractivity contribution in [3.63, 3.8) is 0 Å². The fourth-order valence-electron chi connectivity index (χ4n) is 5.32. The van der Waals surface area contributed by atoms with Crippen LogP contribution in [0.15, 0.2) is 77.6 Å². The molecule has 0 spiro atoms. The lowest BCUT2D eigenvalue weighted by atomic mass is 9.95. The molecular formula is C35H35ClN2O8. The highest BCUT2D eigenvalue weighted by atomic mass is 35.5. The maximum Gasteiger partial charge on any atom is 0.355 e. The van der Waals surface area contributed by atoms with Gasteiger partial charge in [0.2, 0.25) is 5.75 Å². The van der Waals surface area contributed by atoms with Crippen LogP contribution in [0.2, 0.25) is 0 Å². The van der Waals surface area contributed by atoms with Crippen molar-refractivity contribution in [3.05, 3.63) is 100.0 Å². The number of nitrogens with zero attached hydrogens (tertiary/aromatic N) is 1. The van der Waals surface area contributed by atoms with E-state index in [1.807, 2.05) is 31.2 Å². The van der Waals surface area contributed by atoms with E-state index in [0.717, 1.165) is 11.1 Å². The van der Waals surface area contributed by atoms with Crippen LogP contribution in [0.3, 0.4) is 0 Å². The van der Waals surface area contributed by atoms with Crippen LogP contribution in [-0.2, 0) is 11.3 Å². The number of carbonyl (C=O) groups excluding carboxylic acids is 1. The number of anilines is 1. The highest BCUT2D eigenvalue weighted by molar-refractivity contribution is 6.08. The van der Waals surface area contributed by atoms with Crippen LogP contribution in [0.25, 0.3) is 27.6 Å². The lowest BCUT2D eigenvalue weighted by Gasteiger charge is -2.21. The summed E-state index contributed by atoms with van der Waals surface area (Å²) in [5, 5.41) is 0.685. The zero-order valence-corrected chi connectivity index (χ0v) is 27.2. The number of ether oxygens (including phenoxy) is 6. The molecular weight excluding hydrogens is 612 g/mol. The second-order valence-corrected chi connectivity index (χ2v) is 10.2. The summed E-state index contributed by atoms with van der Waals surface area (Å²) in [6.07, 6.45) is 0. The third-order valence-electron chi connectivity index (χ3n) is 7.43. The van der Waals surface area contributed by atoms with Gasteiger partial charge in [-0.2, -0.15) is 0 Å². The van der Waals surface area contributed by atoms with Crippen molar-refractivity contribution in [2.45, 2.75) is 13.5 Å². The Labute approximate surface area is 272 Å². The second-order valence-electron chi connectivity index (χ2n) is 10.2. The molecule has 0 fully saturated rings. The van der Waals surface area contributed by atoms with Gasteiger partial charge in [-0.15, -0.1) is 12.4 Å². The van der Waals surface area contributed by atoms with Crippen LogP contribution in [0.4, 0.5) is 5.69 Å². The third kappa shape index (κ3) is 6.25. The molecule has 1 heterocycles. The average Bonchev–Trinajstić information content (AvgIpc) is 3.06. The molecule has 0 amide bonds. The topological polar surface area (TPSA) is 120 Å². The molecule has 0 aliphatic carbocycles. The van der Waals surface area contributed by atoms with E-state index in [-0.39, 0.29) is 30.1 Å². The van der Waals surface area contributed by atoms with Gasteiger partial charge in [-0.1, -0.05) is 29.8 Å². The van der Waals surface area contributed by atoms with Gasteiger partial charge in [0, 0.05) is 22.3 Å². The van der Waals surface area contributed by atoms with Gasteiger partial charge in [-0.05, 0) is 66.6 Å². The number of fused-ring (bicyclic) bond motifs is 1. The molecule has 4 aromatic carbocycles. The molecule has 0 unspecified atom stereocenters. The van der Waals surface area contributed by atoms with Crippen LogP contribution < -0.4 is 35.0 Å². The van der Waals surface area contributed by atoms with E-state index in [0.29, 0.717) is 56.6 Å². The van der Waals surface area contributed by atoms with Crippen LogP contribution in [0.5, 0.6) is 28.7 Å². The fraction of sp³-hybridized carbons (Fsp3) is 0.200. The van der Waals surface area contributed by atoms with Crippen molar-refractivity contribution in [2.24, 2.45) is 0 Å². The highest BCUT2D eigenvalue weighted by Gasteiger charge is 2.28. The molecule has 0 radical (unpaired) electrons. The number of nitrogen functional groups attached to an aromatic ring is 1. The van der Waals surface area contributed by atoms with E-state index in [2.05, 4.69) is 0 Å². The molecule has 0 aliphatic heterocycles. The van der Waals surface area contributed by atoms with Gasteiger partial charge in [-0.25, -0.2) is 4.79 Å². The summed E-state index contributed by atoms with van der Waals surface area (Å²) in [4.78, 5) is 28.1. The van der Waals surface area contributed by atoms with Gasteiger partial charge in [-0.3, -0.25) is 9.36 Å². The standard InChI is InChI=1S/C35H34N2O8.ClH/c1-20-8-7-9-21(14-20)19-45-28-18-26-25(17-27(28)40-2)31(22-15-29(41-3)33(43-5)30(16-22)42-4)32(35(39)44-6)37(34(26)38)24-12-10-23(36)11-13-24;/h7-18H,19,36H2,1-6H3;1H. The van der Waals surface area contributed by atoms with Crippen molar-refractivity contribution >= 4 is 34.8 Å². The number of rotatable bonds is 10. The lowest BCUT2D eigenvalue weighted by Crippen LogP contribution is -2.27. The molecule has 5 rings (SSSR count). The molecule has 5 aromatic rings. The van der Waals surface area contributed by atoms with Gasteiger partial charge in [0.15, 0.2) is 23.0 Å². The van der Waals surface area contributed by atoms with E-state index in [9.17, 15) is 9.59 Å². The van der Waals surface area contributed by atoms with E-state index >= 15 is 0 Å². The Morgan fingerprint density at radius 3 is 1.96 bits per heavy atom. The Morgan fingerprint density at radius 1 is 0.761 bits per heavy atom. The minimum atomic E-state index is -0.742. The molecule has 0 aliphatic rings. The monoisotopic (exact) mass is 646 g/mol. The van der Waals surface area contributed by atoms with Crippen molar-refractivity contribution in [1.82, 2.24) is 4.57 Å². The second kappa shape index (κ2) is 14.2. The fourth-order valence-corrected chi connectivity index (χ4v) is 5.32. The number of hydrogen-bond acceptors (Lipinski definition) is 9. The Balaban J connectivity index is 0.00000480. The number of benzene rings is 4. The molecule has 0 saturated heterocycles. The smallest absolute Gasteiger partial charge is 0.355 e. The summed E-state index contributed by atoms with van der Waals surface area (Å²) in [6, 6.07) is 21.3. The van der Waals surface area contributed by atoms with Crippen molar-refractivity contribution in [2.75, 3.05) is 41.3 Å². The van der Waals surface area contributed by atoms with E-state index in [4.69, 9.17) is 34.2 Å². The summed E-state index contributed by atoms with van der Waals surface area (Å²) in [5.74, 6) is 1.05. The summed E-state index contributed by atoms with van der Waals surface area (Å²) in [5.41, 5.74) is 9.28. The molecule has 0 bridgehead atoms. The van der Waals surface area contributed by atoms with Gasteiger partial charge >= 0.3 is 5.97 Å². The minimum absolute atomic E-state index is 0. The zero-order valence-electron chi connectivity index (χ0n) is 26.3. The molecule has 1 aromatic heterocycles.